The molecule has 0 atom stereocenters. The summed E-state index contributed by atoms with van der Waals surface area (Å²) in [5.74, 6) is 0.237. The van der Waals surface area contributed by atoms with Crippen LogP contribution in [0, 0.1) is 5.82 Å². The molecular weight excluding hydrogens is 213 g/mol. The van der Waals surface area contributed by atoms with E-state index in [0.29, 0.717) is 11.5 Å². The number of thioether (sulfide) groups is 1. The van der Waals surface area contributed by atoms with Gasteiger partial charge in [-0.3, -0.25) is 0 Å². The minimum atomic E-state index is -0.298. The molecule has 5 heteroatoms. The number of aromatic nitrogens is 2. The average molecular weight is 223 g/mol. The summed E-state index contributed by atoms with van der Waals surface area (Å²) < 4.78 is 14.5. The zero-order valence-electron chi connectivity index (χ0n) is 8.14. The van der Waals surface area contributed by atoms with E-state index in [-0.39, 0.29) is 5.82 Å². The van der Waals surface area contributed by atoms with Crippen LogP contribution in [0.3, 0.4) is 0 Å². The Morgan fingerprint density at radius 1 is 1.47 bits per heavy atom. The van der Waals surface area contributed by atoms with Crippen molar-refractivity contribution in [2.24, 2.45) is 0 Å². The summed E-state index contributed by atoms with van der Waals surface area (Å²) in [6, 6.07) is 6.17. The molecule has 0 aliphatic heterocycles. The van der Waals surface area contributed by atoms with E-state index in [1.54, 1.807) is 18.3 Å². The van der Waals surface area contributed by atoms with Crippen molar-refractivity contribution < 1.29 is 4.39 Å². The lowest BCUT2D eigenvalue weighted by Gasteiger charge is -2.04. The van der Waals surface area contributed by atoms with Crippen LogP contribution in [-0.2, 0) is 0 Å². The molecule has 78 valence electrons. The van der Waals surface area contributed by atoms with Gasteiger partial charge in [-0.15, -0.1) is 11.8 Å². The van der Waals surface area contributed by atoms with Crippen molar-refractivity contribution in [2.45, 2.75) is 4.90 Å². The zero-order valence-corrected chi connectivity index (χ0v) is 8.96. The fourth-order valence-electron chi connectivity index (χ4n) is 1.31. The minimum Gasteiger partial charge on any atom is -0.383 e. The fraction of sp³-hybridized carbons (Fsp3) is 0.100. The van der Waals surface area contributed by atoms with E-state index in [1.165, 1.54) is 28.6 Å². The molecule has 2 aromatic rings. The van der Waals surface area contributed by atoms with E-state index in [1.807, 2.05) is 6.26 Å². The third-order valence-electron chi connectivity index (χ3n) is 2.04. The second-order valence-corrected chi connectivity index (χ2v) is 3.84. The van der Waals surface area contributed by atoms with Gasteiger partial charge in [-0.05, 0) is 24.5 Å². The molecule has 0 unspecified atom stereocenters. The highest BCUT2D eigenvalue weighted by Crippen LogP contribution is 2.24. The van der Waals surface area contributed by atoms with Gasteiger partial charge in [-0.1, -0.05) is 6.07 Å². The average Bonchev–Trinajstić information content (AvgIpc) is 2.59. The first-order valence-electron chi connectivity index (χ1n) is 4.36. The predicted octanol–water partition coefficient (Wildman–Crippen LogP) is 2.32. The standard InChI is InChI=1S/C10H10FN3S/c1-15-9-6-13-14(10(9)12)8-4-2-3-7(11)5-8/h2-6H,12H2,1H3. The van der Waals surface area contributed by atoms with Crippen LogP contribution < -0.4 is 5.73 Å². The highest BCUT2D eigenvalue weighted by molar-refractivity contribution is 7.98. The van der Waals surface area contributed by atoms with Gasteiger partial charge < -0.3 is 5.73 Å². The van der Waals surface area contributed by atoms with Gasteiger partial charge in [0, 0.05) is 0 Å². The van der Waals surface area contributed by atoms with Crippen molar-refractivity contribution in [2.75, 3.05) is 12.0 Å². The molecule has 1 aromatic heterocycles. The lowest BCUT2D eigenvalue weighted by molar-refractivity contribution is 0.625. The van der Waals surface area contributed by atoms with E-state index in [4.69, 9.17) is 5.73 Å². The Labute approximate surface area is 91.1 Å². The molecule has 15 heavy (non-hydrogen) atoms. The van der Waals surface area contributed by atoms with Gasteiger partial charge in [0.25, 0.3) is 0 Å². The van der Waals surface area contributed by atoms with Gasteiger partial charge in [0.2, 0.25) is 0 Å². The molecule has 3 nitrogen and oxygen atoms in total. The summed E-state index contributed by atoms with van der Waals surface area (Å²) in [4.78, 5) is 0.888. The Bertz CT molecular complexity index is 481. The van der Waals surface area contributed by atoms with E-state index in [9.17, 15) is 4.39 Å². The monoisotopic (exact) mass is 223 g/mol. The number of halogens is 1. The molecule has 0 amide bonds. The summed E-state index contributed by atoms with van der Waals surface area (Å²) in [5, 5.41) is 4.10. The number of benzene rings is 1. The van der Waals surface area contributed by atoms with Crippen LogP contribution in [0.5, 0.6) is 0 Å². The van der Waals surface area contributed by atoms with E-state index in [2.05, 4.69) is 5.10 Å². The van der Waals surface area contributed by atoms with Crippen LogP contribution in [0.15, 0.2) is 35.4 Å². The molecule has 0 bridgehead atoms. The summed E-state index contributed by atoms with van der Waals surface area (Å²) in [6.07, 6.45) is 3.59. The van der Waals surface area contributed by atoms with Gasteiger partial charge in [0.1, 0.15) is 11.6 Å². The predicted molar refractivity (Wildman–Crippen MR) is 59.7 cm³/mol. The van der Waals surface area contributed by atoms with Crippen molar-refractivity contribution in [3.05, 3.63) is 36.3 Å². The Morgan fingerprint density at radius 3 is 2.87 bits per heavy atom. The van der Waals surface area contributed by atoms with Gasteiger partial charge >= 0.3 is 0 Å². The molecule has 0 aliphatic rings. The molecule has 0 aliphatic carbocycles. The van der Waals surface area contributed by atoms with Crippen LogP contribution in [-0.4, -0.2) is 16.0 Å². The van der Waals surface area contributed by atoms with Crippen LogP contribution >= 0.6 is 11.8 Å². The zero-order chi connectivity index (χ0) is 10.8. The second-order valence-electron chi connectivity index (χ2n) is 2.99. The van der Waals surface area contributed by atoms with Crippen molar-refractivity contribution >= 4 is 17.6 Å². The maximum Gasteiger partial charge on any atom is 0.140 e. The van der Waals surface area contributed by atoms with Crippen LogP contribution in [0.4, 0.5) is 10.2 Å². The quantitative estimate of drug-likeness (QED) is 0.794. The summed E-state index contributed by atoms with van der Waals surface area (Å²) in [7, 11) is 0. The van der Waals surface area contributed by atoms with Gasteiger partial charge in [0.15, 0.2) is 0 Å². The molecule has 0 fully saturated rings. The van der Waals surface area contributed by atoms with Crippen molar-refractivity contribution in [1.29, 1.82) is 0 Å². The largest absolute Gasteiger partial charge is 0.383 e. The lowest BCUT2D eigenvalue weighted by Crippen LogP contribution is -2.02. The molecule has 2 N–H and O–H groups in total. The Balaban J connectivity index is 2.49. The molecule has 1 heterocycles. The molecule has 0 saturated carbocycles. The Morgan fingerprint density at radius 2 is 2.27 bits per heavy atom. The minimum absolute atomic E-state index is 0.298. The third-order valence-corrected chi connectivity index (χ3v) is 2.80. The molecular formula is C10H10FN3S. The number of rotatable bonds is 2. The summed E-state index contributed by atoms with van der Waals surface area (Å²) in [6.45, 7) is 0. The Hall–Kier alpha value is -1.49. The first-order chi connectivity index (χ1) is 7.22. The van der Waals surface area contributed by atoms with Crippen LogP contribution in [0.2, 0.25) is 0 Å². The van der Waals surface area contributed by atoms with Gasteiger partial charge in [-0.25, -0.2) is 9.07 Å². The van der Waals surface area contributed by atoms with Crippen LogP contribution in [0.1, 0.15) is 0 Å². The number of nitrogen functional groups attached to an aromatic ring is 1. The SMILES string of the molecule is CSc1cnn(-c2cccc(F)c2)c1N. The molecule has 1 aromatic carbocycles. The smallest absolute Gasteiger partial charge is 0.140 e. The molecule has 0 saturated heterocycles. The number of nitrogens with two attached hydrogens (primary N) is 1. The van der Waals surface area contributed by atoms with Crippen molar-refractivity contribution in [3.8, 4) is 5.69 Å². The molecule has 0 radical (unpaired) electrons. The first kappa shape index (κ1) is 10.0. The summed E-state index contributed by atoms with van der Waals surface area (Å²) in [5.41, 5.74) is 6.49. The van der Waals surface area contributed by atoms with Crippen molar-refractivity contribution in [3.63, 3.8) is 0 Å². The second kappa shape index (κ2) is 3.94. The molecule has 0 spiro atoms. The number of hydrogen-bond donors (Lipinski definition) is 1. The highest BCUT2D eigenvalue weighted by Gasteiger charge is 2.08. The van der Waals surface area contributed by atoms with E-state index < -0.39 is 0 Å². The first-order valence-corrected chi connectivity index (χ1v) is 5.58. The van der Waals surface area contributed by atoms with E-state index in [0.717, 1.165) is 4.90 Å². The van der Waals surface area contributed by atoms with Crippen molar-refractivity contribution in [1.82, 2.24) is 9.78 Å². The van der Waals surface area contributed by atoms with E-state index >= 15 is 0 Å². The van der Waals surface area contributed by atoms with Gasteiger partial charge in [0.05, 0.1) is 16.8 Å². The highest BCUT2D eigenvalue weighted by atomic mass is 32.2. The topological polar surface area (TPSA) is 43.8 Å². The normalized spacial score (nSPS) is 10.5. The van der Waals surface area contributed by atoms with Crippen LogP contribution in [0.25, 0.3) is 5.69 Å². The summed E-state index contributed by atoms with van der Waals surface area (Å²) >= 11 is 1.51. The Kier molecular flexibility index (Phi) is 2.64. The molecule has 2 rings (SSSR count). The third kappa shape index (κ3) is 1.83. The lowest BCUT2D eigenvalue weighted by atomic mass is 10.3. The maximum atomic E-state index is 13.0. The number of hydrogen-bond acceptors (Lipinski definition) is 3. The fourth-order valence-corrected chi connectivity index (χ4v) is 1.76. The number of nitrogens with zero attached hydrogens (tertiary/aromatic N) is 2. The number of anilines is 1. The van der Waals surface area contributed by atoms with Gasteiger partial charge in [-0.2, -0.15) is 5.10 Å². The maximum absolute atomic E-state index is 13.0.